The zero-order chi connectivity index (χ0) is 12.3. The second kappa shape index (κ2) is 4.87. The van der Waals surface area contributed by atoms with Gasteiger partial charge in [0.15, 0.2) is 0 Å². The summed E-state index contributed by atoms with van der Waals surface area (Å²) >= 11 is 3.35. The van der Waals surface area contributed by atoms with Crippen molar-refractivity contribution in [3.05, 3.63) is 28.2 Å². The standard InChI is InChI=1S/C12H17BrN2O/c1-4-12(2,3)16-10-6-5-8(13)7-9(10)11(14)15/h5-7H,4H2,1-3H3,(H3,14,15). The van der Waals surface area contributed by atoms with Gasteiger partial charge in [-0.25, -0.2) is 0 Å². The van der Waals surface area contributed by atoms with Crippen LogP contribution in [0.4, 0.5) is 0 Å². The van der Waals surface area contributed by atoms with E-state index < -0.39 is 0 Å². The summed E-state index contributed by atoms with van der Waals surface area (Å²) in [5, 5.41) is 7.51. The SMILES string of the molecule is CCC(C)(C)Oc1ccc(Br)cc1C(=N)N. The lowest BCUT2D eigenvalue weighted by Gasteiger charge is -2.26. The zero-order valence-corrected chi connectivity index (χ0v) is 11.4. The van der Waals surface area contributed by atoms with E-state index in [1.165, 1.54) is 0 Å². The van der Waals surface area contributed by atoms with Crippen molar-refractivity contribution < 1.29 is 4.74 Å². The van der Waals surface area contributed by atoms with Crippen LogP contribution < -0.4 is 10.5 Å². The van der Waals surface area contributed by atoms with Gasteiger partial charge >= 0.3 is 0 Å². The average molecular weight is 285 g/mol. The summed E-state index contributed by atoms with van der Waals surface area (Å²) in [4.78, 5) is 0. The van der Waals surface area contributed by atoms with Gasteiger partial charge in [0.2, 0.25) is 0 Å². The van der Waals surface area contributed by atoms with Gasteiger partial charge in [-0.2, -0.15) is 0 Å². The van der Waals surface area contributed by atoms with Crippen molar-refractivity contribution in [1.82, 2.24) is 0 Å². The second-order valence-corrected chi connectivity index (χ2v) is 5.19. The van der Waals surface area contributed by atoms with Gasteiger partial charge in [-0.05, 0) is 38.5 Å². The van der Waals surface area contributed by atoms with Gasteiger partial charge < -0.3 is 10.5 Å². The van der Waals surface area contributed by atoms with Crippen molar-refractivity contribution in [3.63, 3.8) is 0 Å². The summed E-state index contributed by atoms with van der Waals surface area (Å²) in [7, 11) is 0. The van der Waals surface area contributed by atoms with Gasteiger partial charge in [-0.3, -0.25) is 5.41 Å². The molecule has 1 aromatic rings. The number of hydrogen-bond donors (Lipinski definition) is 2. The first-order valence-corrected chi connectivity index (χ1v) is 5.98. The van der Waals surface area contributed by atoms with Crippen LogP contribution in [0.3, 0.4) is 0 Å². The van der Waals surface area contributed by atoms with Crippen LogP contribution in [0.5, 0.6) is 5.75 Å². The van der Waals surface area contributed by atoms with Crippen LogP contribution in [0.1, 0.15) is 32.8 Å². The Morgan fingerprint density at radius 2 is 2.12 bits per heavy atom. The molecule has 88 valence electrons. The molecule has 0 amide bonds. The van der Waals surface area contributed by atoms with Crippen molar-refractivity contribution >= 4 is 21.8 Å². The van der Waals surface area contributed by atoms with Crippen LogP contribution in [0, 0.1) is 5.41 Å². The molecule has 0 aliphatic heterocycles. The molecule has 0 unspecified atom stereocenters. The van der Waals surface area contributed by atoms with Gasteiger partial charge in [0.25, 0.3) is 0 Å². The molecule has 3 nitrogen and oxygen atoms in total. The molecular formula is C12H17BrN2O. The molecular weight excluding hydrogens is 268 g/mol. The Morgan fingerprint density at radius 3 is 2.62 bits per heavy atom. The average Bonchev–Trinajstić information content (AvgIpc) is 2.20. The number of ether oxygens (including phenoxy) is 1. The Bertz CT molecular complexity index is 402. The summed E-state index contributed by atoms with van der Waals surface area (Å²) in [5.41, 5.74) is 5.90. The highest BCUT2D eigenvalue weighted by Crippen LogP contribution is 2.27. The molecule has 4 heteroatoms. The predicted octanol–water partition coefficient (Wildman–Crippen LogP) is 3.30. The summed E-state index contributed by atoms with van der Waals surface area (Å²) in [5.74, 6) is 0.672. The number of hydrogen-bond acceptors (Lipinski definition) is 2. The van der Waals surface area contributed by atoms with E-state index in [2.05, 4.69) is 22.9 Å². The van der Waals surface area contributed by atoms with Gasteiger partial charge in [0.1, 0.15) is 17.2 Å². The van der Waals surface area contributed by atoms with Crippen molar-refractivity contribution in [2.24, 2.45) is 5.73 Å². The number of nitrogen functional groups attached to an aromatic ring is 1. The Labute approximate surface area is 105 Å². The molecule has 0 aliphatic rings. The maximum atomic E-state index is 7.51. The van der Waals surface area contributed by atoms with Crippen molar-refractivity contribution in [1.29, 1.82) is 5.41 Å². The maximum Gasteiger partial charge on any atom is 0.131 e. The predicted molar refractivity (Wildman–Crippen MR) is 70.2 cm³/mol. The summed E-state index contributed by atoms with van der Waals surface area (Å²) < 4.78 is 6.75. The number of nitrogens with one attached hydrogen (secondary N) is 1. The number of benzene rings is 1. The maximum absolute atomic E-state index is 7.51. The van der Waals surface area contributed by atoms with E-state index in [1.807, 2.05) is 26.0 Å². The van der Waals surface area contributed by atoms with Crippen LogP contribution in [0.15, 0.2) is 22.7 Å². The number of nitrogens with two attached hydrogens (primary N) is 1. The minimum atomic E-state index is -0.252. The minimum absolute atomic E-state index is 0.0169. The van der Waals surface area contributed by atoms with Crippen molar-refractivity contribution in [2.75, 3.05) is 0 Å². The molecule has 1 rings (SSSR count). The highest BCUT2D eigenvalue weighted by atomic mass is 79.9. The largest absolute Gasteiger partial charge is 0.487 e. The lowest BCUT2D eigenvalue weighted by molar-refractivity contribution is 0.105. The third-order valence-corrected chi connectivity index (χ3v) is 2.96. The third-order valence-electron chi connectivity index (χ3n) is 2.47. The first-order valence-electron chi connectivity index (χ1n) is 5.18. The van der Waals surface area contributed by atoms with Crippen LogP contribution in [0.25, 0.3) is 0 Å². The Morgan fingerprint density at radius 1 is 1.50 bits per heavy atom. The van der Waals surface area contributed by atoms with E-state index in [-0.39, 0.29) is 11.4 Å². The number of rotatable bonds is 4. The third kappa shape index (κ3) is 3.23. The fourth-order valence-electron chi connectivity index (χ4n) is 1.17. The smallest absolute Gasteiger partial charge is 0.131 e. The Hall–Kier alpha value is -1.03. The van der Waals surface area contributed by atoms with Crippen molar-refractivity contribution in [3.8, 4) is 5.75 Å². The van der Waals surface area contributed by atoms with E-state index in [0.717, 1.165) is 10.9 Å². The highest BCUT2D eigenvalue weighted by Gasteiger charge is 2.19. The molecule has 0 radical (unpaired) electrons. The first-order chi connectivity index (χ1) is 7.35. The molecule has 0 spiro atoms. The van der Waals surface area contributed by atoms with Crippen LogP contribution in [-0.4, -0.2) is 11.4 Å². The lowest BCUT2D eigenvalue weighted by Crippen LogP contribution is -2.28. The summed E-state index contributed by atoms with van der Waals surface area (Å²) in [6, 6.07) is 5.51. The molecule has 16 heavy (non-hydrogen) atoms. The topological polar surface area (TPSA) is 59.1 Å². The van der Waals surface area contributed by atoms with Crippen LogP contribution >= 0.6 is 15.9 Å². The molecule has 0 aromatic heterocycles. The van der Waals surface area contributed by atoms with E-state index in [9.17, 15) is 0 Å². The summed E-state index contributed by atoms with van der Waals surface area (Å²) in [6.45, 7) is 6.09. The normalized spacial score (nSPS) is 11.2. The molecule has 0 atom stereocenters. The van der Waals surface area contributed by atoms with E-state index in [0.29, 0.717) is 11.3 Å². The molecule has 0 heterocycles. The van der Waals surface area contributed by atoms with Crippen LogP contribution in [0.2, 0.25) is 0 Å². The van der Waals surface area contributed by atoms with E-state index >= 15 is 0 Å². The second-order valence-electron chi connectivity index (χ2n) is 4.27. The van der Waals surface area contributed by atoms with E-state index in [1.54, 1.807) is 6.07 Å². The quantitative estimate of drug-likeness (QED) is 0.658. The molecule has 0 bridgehead atoms. The molecule has 0 fully saturated rings. The molecule has 0 saturated heterocycles. The molecule has 0 saturated carbocycles. The molecule has 3 N–H and O–H groups in total. The fourth-order valence-corrected chi connectivity index (χ4v) is 1.53. The fraction of sp³-hybridized carbons (Fsp3) is 0.417. The molecule has 0 aliphatic carbocycles. The Balaban J connectivity index is 3.09. The summed E-state index contributed by atoms with van der Waals surface area (Å²) in [6.07, 6.45) is 0.889. The first kappa shape index (κ1) is 13.0. The minimum Gasteiger partial charge on any atom is -0.487 e. The van der Waals surface area contributed by atoms with Gasteiger partial charge in [-0.1, -0.05) is 22.9 Å². The van der Waals surface area contributed by atoms with Gasteiger partial charge in [0.05, 0.1) is 5.56 Å². The zero-order valence-electron chi connectivity index (χ0n) is 9.80. The number of halogens is 1. The van der Waals surface area contributed by atoms with Crippen LogP contribution in [-0.2, 0) is 0 Å². The lowest BCUT2D eigenvalue weighted by atomic mass is 10.1. The molecule has 1 aromatic carbocycles. The highest BCUT2D eigenvalue weighted by molar-refractivity contribution is 9.10. The van der Waals surface area contributed by atoms with E-state index in [4.69, 9.17) is 15.9 Å². The monoisotopic (exact) mass is 284 g/mol. The van der Waals surface area contributed by atoms with Crippen molar-refractivity contribution in [2.45, 2.75) is 32.8 Å². The number of amidine groups is 1. The van der Waals surface area contributed by atoms with Gasteiger partial charge in [-0.15, -0.1) is 0 Å². The Kier molecular flexibility index (Phi) is 3.97. The van der Waals surface area contributed by atoms with Gasteiger partial charge in [0, 0.05) is 4.47 Å².